The van der Waals surface area contributed by atoms with E-state index in [4.69, 9.17) is 4.74 Å². The van der Waals surface area contributed by atoms with Gasteiger partial charge in [-0.1, -0.05) is 12.1 Å². The minimum atomic E-state index is -4.51. The Hall–Kier alpha value is -2.50. The molecule has 0 radical (unpaired) electrons. The molecule has 22 heavy (non-hydrogen) atoms. The van der Waals surface area contributed by atoms with Gasteiger partial charge >= 0.3 is 6.18 Å². The molecule has 0 atom stereocenters. The van der Waals surface area contributed by atoms with Crippen LogP contribution in [0.3, 0.4) is 0 Å². The van der Waals surface area contributed by atoms with E-state index in [1.807, 2.05) is 0 Å². The van der Waals surface area contributed by atoms with Crippen molar-refractivity contribution in [1.29, 1.82) is 0 Å². The molecule has 0 N–H and O–H groups in total. The lowest BCUT2D eigenvalue weighted by atomic mass is 10.1. The maximum Gasteiger partial charge on any atom is 0.416 e. The molecule has 0 saturated heterocycles. The van der Waals surface area contributed by atoms with Crippen LogP contribution in [0.4, 0.5) is 18.9 Å². The largest absolute Gasteiger partial charge is 0.454 e. The molecule has 0 aromatic heterocycles. The maximum atomic E-state index is 12.9. The monoisotopic (exact) mass is 307 g/mol. The van der Waals surface area contributed by atoms with E-state index in [2.05, 4.69) is 0 Å². The standard InChI is InChI=1S/C16H12F3NO2/c1-2-20-12-5-3-4-6-14(12)22-13-8-7-10(16(17,18)19)9-11(13)15(20)21/h3-9H,2H2,1H3. The summed E-state index contributed by atoms with van der Waals surface area (Å²) in [6.45, 7) is 2.09. The highest BCUT2D eigenvalue weighted by Crippen LogP contribution is 2.40. The number of carbonyl (C=O) groups excluding carboxylic acids is 1. The SMILES string of the molecule is CCN1C(=O)c2cc(C(F)(F)F)ccc2Oc2ccccc21. The van der Waals surface area contributed by atoms with Gasteiger partial charge in [0.05, 0.1) is 16.8 Å². The second-order valence-electron chi connectivity index (χ2n) is 4.83. The summed E-state index contributed by atoms with van der Waals surface area (Å²) < 4.78 is 44.2. The Morgan fingerprint density at radius 3 is 2.50 bits per heavy atom. The van der Waals surface area contributed by atoms with E-state index in [1.165, 1.54) is 11.0 Å². The van der Waals surface area contributed by atoms with Crippen LogP contribution in [0.15, 0.2) is 42.5 Å². The van der Waals surface area contributed by atoms with E-state index < -0.39 is 17.6 Å². The third kappa shape index (κ3) is 2.30. The Bertz CT molecular complexity index is 740. The first-order valence-corrected chi connectivity index (χ1v) is 6.72. The number of amides is 1. The lowest BCUT2D eigenvalue weighted by Gasteiger charge is -2.20. The quantitative estimate of drug-likeness (QED) is 0.777. The number of halogens is 3. The first kappa shape index (κ1) is 14.4. The van der Waals surface area contributed by atoms with Crippen LogP contribution in [0.25, 0.3) is 0 Å². The molecule has 1 heterocycles. The summed E-state index contributed by atoms with van der Waals surface area (Å²) in [7, 11) is 0. The average molecular weight is 307 g/mol. The van der Waals surface area contributed by atoms with Crippen LogP contribution in [-0.2, 0) is 6.18 Å². The normalized spacial score (nSPS) is 14.0. The number of para-hydroxylation sites is 2. The Labute approximate surface area is 124 Å². The molecule has 0 bridgehead atoms. The van der Waals surface area contributed by atoms with Crippen LogP contribution in [0.5, 0.6) is 11.5 Å². The zero-order chi connectivity index (χ0) is 15.9. The average Bonchev–Trinajstić information content (AvgIpc) is 2.60. The predicted molar refractivity (Wildman–Crippen MR) is 75.3 cm³/mol. The smallest absolute Gasteiger partial charge is 0.416 e. The van der Waals surface area contributed by atoms with Crippen LogP contribution < -0.4 is 9.64 Å². The van der Waals surface area contributed by atoms with Gasteiger partial charge in [0, 0.05) is 6.54 Å². The second kappa shape index (κ2) is 5.05. The first-order chi connectivity index (χ1) is 10.4. The van der Waals surface area contributed by atoms with Gasteiger partial charge in [0.2, 0.25) is 0 Å². The van der Waals surface area contributed by atoms with Crippen molar-refractivity contribution in [2.24, 2.45) is 0 Å². The highest BCUT2D eigenvalue weighted by Gasteiger charge is 2.34. The van der Waals surface area contributed by atoms with Crippen molar-refractivity contribution in [2.45, 2.75) is 13.1 Å². The van der Waals surface area contributed by atoms with E-state index in [0.29, 0.717) is 18.0 Å². The molecule has 1 aliphatic rings. The molecule has 0 unspecified atom stereocenters. The zero-order valence-corrected chi connectivity index (χ0v) is 11.6. The van der Waals surface area contributed by atoms with Gasteiger partial charge in [0.1, 0.15) is 5.75 Å². The van der Waals surface area contributed by atoms with Crippen molar-refractivity contribution in [3.8, 4) is 11.5 Å². The highest BCUT2D eigenvalue weighted by molar-refractivity contribution is 6.09. The summed E-state index contributed by atoms with van der Waals surface area (Å²) in [5, 5.41) is 0. The summed E-state index contributed by atoms with van der Waals surface area (Å²) in [4.78, 5) is 14.0. The van der Waals surface area contributed by atoms with Gasteiger partial charge in [0.25, 0.3) is 5.91 Å². The summed E-state index contributed by atoms with van der Waals surface area (Å²) in [6, 6.07) is 9.81. The highest BCUT2D eigenvalue weighted by atomic mass is 19.4. The molecule has 3 rings (SSSR count). The molecule has 0 saturated carbocycles. The molecule has 6 heteroatoms. The van der Waals surface area contributed by atoms with Gasteiger partial charge in [-0.2, -0.15) is 13.2 Å². The van der Waals surface area contributed by atoms with Crippen molar-refractivity contribution in [1.82, 2.24) is 0 Å². The van der Waals surface area contributed by atoms with Crippen LogP contribution in [0.2, 0.25) is 0 Å². The number of nitrogens with zero attached hydrogens (tertiary/aromatic N) is 1. The molecule has 1 aliphatic heterocycles. The number of anilines is 1. The van der Waals surface area contributed by atoms with Crippen molar-refractivity contribution < 1.29 is 22.7 Å². The molecular formula is C16H12F3NO2. The molecule has 2 aromatic rings. The lowest BCUT2D eigenvalue weighted by molar-refractivity contribution is -0.137. The fourth-order valence-electron chi connectivity index (χ4n) is 2.42. The van der Waals surface area contributed by atoms with Crippen LogP contribution in [0, 0.1) is 0 Å². The molecule has 3 nitrogen and oxygen atoms in total. The summed E-state index contributed by atoms with van der Waals surface area (Å²) in [5.41, 5.74) is -0.419. The van der Waals surface area contributed by atoms with E-state index in [1.54, 1.807) is 31.2 Å². The number of benzene rings is 2. The van der Waals surface area contributed by atoms with Crippen LogP contribution in [-0.4, -0.2) is 12.5 Å². The van der Waals surface area contributed by atoms with Gasteiger partial charge in [0.15, 0.2) is 5.75 Å². The minimum Gasteiger partial charge on any atom is -0.454 e. The summed E-state index contributed by atoms with van der Waals surface area (Å²) in [5.74, 6) is 0.0613. The van der Waals surface area contributed by atoms with Crippen molar-refractivity contribution in [3.05, 3.63) is 53.6 Å². The fraction of sp³-hybridized carbons (Fsp3) is 0.188. The number of carbonyl (C=O) groups is 1. The molecule has 0 spiro atoms. The zero-order valence-electron chi connectivity index (χ0n) is 11.6. The molecule has 0 fully saturated rings. The van der Waals surface area contributed by atoms with Gasteiger partial charge in [-0.25, -0.2) is 0 Å². The molecule has 2 aromatic carbocycles. The van der Waals surface area contributed by atoms with Gasteiger partial charge < -0.3 is 9.64 Å². The summed E-state index contributed by atoms with van der Waals surface area (Å²) in [6.07, 6.45) is -4.51. The number of rotatable bonds is 1. The number of hydrogen-bond donors (Lipinski definition) is 0. The number of alkyl halides is 3. The fourth-order valence-corrected chi connectivity index (χ4v) is 2.42. The Kier molecular flexibility index (Phi) is 3.31. The third-order valence-corrected chi connectivity index (χ3v) is 3.47. The van der Waals surface area contributed by atoms with Crippen LogP contribution >= 0.6 is 0 Å². The molecule has 0 aliphatic carbocycles. The van der Waals surface area contributed by atoms with E-state index >= 15 is 0 Å². The number of ether oxygens (including phenoxy) is 1. The van der Waals surface area contributed by atoms with Gasteiger partial charge in [-0.15, -0.1) is 0 Å². The second-order valence-corrected chi connectivity index (χ2v) is 4.83. The molecule has 114 valence electrons. The Balaban J connectivity index is 2.18. The van der Waals surface area contributed by atoms with E-state index in [-0.39, 0.29) is 11.3 Å². The number of hydrogen-bond acceptors (Lipinski definition) is 2. The van der Waals surface area contributed by atoms with Gasteiger partial charge in [-0.05, 0) is 37.3 Å². The maximum absolute atomic E-state index is 12.9. The topological polar surface area (TPSA) is 29.5 Å². The van der Waals surface area contributed by atoms with Crippen molar-refractivity contribution in [2.75, 3.05) is 11.4 Å². The van der Waals surface area contributed by atoms with Crippen molar-refractivity contribution >= 4 is 11.6 Å². The third-order valence-electron chi connectivity index (χ3n) is 3.47. The Morgan fingerprint density at radius 1 is 1.09 bits per heavy atom. The first-order valence-electron chi connectivity index (χ1n) is 6.72. The number of fused-ring (bicyclic) bond motifs is 2. The molecular weight excluding hydrogens is 295 g/mol. The minimum absolute atomic E-state index is 0.0899. The van der Waals surface area contributed by atoms with E-state index in [0.717, 1.165) is 12.1 Å². The predicted octanol–water partition coefficient (Wildman–Crippen LogP) is 4.48. The van der Waals surface area contributed by atoms with Gasteiger partial charge in [-0.3, -0.25) is 4.79 Å². The van der Waals surface area contributed by atoms with Crippen LogP contribution in [0.1, 0.15) is 22.8 Å². The summed E-state index contributed by atoms with van der Waals surface area (Å²) >= 11 is 0. The van der Waals surface area contributed by atoms with Crippen molar-refractivity contribution in [3.63, 3.8) is 0 Å². The Morgan fingerprint density at radius 2 is 1.82 bits per heavy atom. The molecule has 1 amide bonds. The lowest BCUT2D eigenvalue weighted by Crippen LogP contribution is -2.30. The van der Waals surface area contributed by atoms with E-state index in [9.17, 15) is 18.0 Å².